The molecule has 0 heterocycles. The summed E-state index contributed by atoms with van der Waals surface area (Å²) in [7, 11) is 0. The first-order chi connectivity index (χ1) is 6.65. The van der Waals surface area contributed by atoms with Gasteiger partial charge in [0, 0.05) is 17.8 Å². The van der Waals surface area contributed by atoms with Gasteiger partial charge in [-0.3, -0.25) is 0 Å². The lowest BCUT2D eigenvalue weighted by atomic mass is 9.87. The predicted octanol–water partition coefficient (Wildman–Crippen LogP) is 1.60. The summed E-state index contributed by atoms with van der Waals surface area (Å²) >= 11 is 0. The van der Waals surface area contributed by atoms with Crippen molar-refractivity contribution >= 4 is 5.69 Å². The van der Waals surface area contributed by atoms with Gasteiger partial charge in [-0.25, -0.2) is 0 Å². The third-order valence-corrected chi connectivity index (χ3v) is 2.74. The van der Waals surface area contributed by atoms with E-state index in [1.54, 1.807) is 12.1 Å². The number of aryl methyl sites for hydroxylation is 1. The van der Waals surface area contributed by atoms with Crippen LogP contribution >= 0.6 is 0 Å². The van der Waals surface area contributed by atoms with Crippen LogP contribution in [0.25, 0.3) is 0 Å². The summed E-state index contributed by atoms with van der Waals surface area (Å²) in [6, 6.07) is 6.25. The summed E-state index contributed by atoms with van der Waals surface area (Å²) < 4.78 is 0. The van der Waals surface area contributed by atoms with Crippen molar-refractivity contribution in [2.75, 3.05) is 5.32 Å². The van der Waals surface area contributed by atoms with E-state index in [2.05, 4.69) is 5.32 Å². The number of nitrogens with two attached hydrogens (primary N) is 1. The average molecular weight is 192 g/mol. The summed E-state index contributed by atoms with van der Waals surface area (Å²) in [6.45, 7) is 1.99. The lowest BCUT2D eigenvalue weighted by Crippen LogP contribution is -2.44. The molecular formula is C11H16N2O. The second-order valence-corrected chi connectivity index (χ2v) is 4.07. The van der Waals surface area contributed by atoms with Crippen LogP contribution in [-0.2, 0) is 0 Å². The van der Waals surface area contributed by atoms with Crippen LogP contribution in [0.15, 0.2) is 18.2 Å². The minimum absolute atomic E-state index is 0.318. The van der Waals surface area contributed by atoms with Crippen molar-refractivity contribution in [3.63, 3.8) is 0 Å². The Morgan fingerprint density at radius 2 is 2.14 bits per heavy atom. The molecule has 1 aliphatic rings. The largest absolute Gasteiger partial charge is 0.508 e. The highest BCUT2D eigenvalue weighted by atomic mass is 16.3. The Kier molecular flexibility index (Phi) is 2.33. The van der Waals surface area contributed by atoms with Crippen molar-refractivity contribution in [1.29, 1.82) is 0 Å². The van der Waals surface area contributed by atoms with Gasteiger partial charge in [-0.15, -0.1) is 0 Å². The summed E-state index contributed by atoms with van der Waals surface area (Å²) in [4.78, 5) is 0. The Morgan fingerprint density at radius 3 is 2.71 bits per heavy atom. The van der Waals surface area contributed by atoms with Gasteiger partial charge in [0.1, 0.15) is 5.75 Å². The number of nitrogens with one attached hydrogen (secondary N) is 1. The lowest BCUT2D eigenvalue weighted by Gasteiger charge is -2.34. The van der Waals surface area contributed by atoms with Crippen LogP contribution in [0, 0.1) is 6.92 Å². The summed E-state index contributed by atoms with van der Waals surface area (Å²) in [6.07, 6.45) is 2.08. The smallest absolute Gasteiger partial charge is 0.115 e. The van der Waals surface area contributed by atoms with Gasteiger partial charge in [-0.1, -0.05) is 0 Å². The molecule has 0 aliphatic heterocycles. The maximum absolute atomic E-state index is 9.24. The van der Waals surface area contributed by atoms with Crippen molar-refractivity contribution in [2.24, 2.45) is 5.73 Å². The summed E-state index contributed by atoms with van der Waals surface area (Å²) in [5, 5.41) is 12.7. The van der Waals surface area contributed by atoms with E-state index >= 15 is 0 Å². The van der Waals surface area contributed by atoms with Crippen LogP contribution in [0.3, 0.4) is 0 Å². The Bertz CT molecular complexity index is 332. The zero-order valence-electron chi connectivity index (χ0n) is 8.33. The van der Waals surface area contributed by atoms with Crippen LogP contribution < -0.4 is 11.1 Å². The van der Waals surface area contributed by atoms with Gasteiger partial charge in [0.15, 0.2) is 0 Å². The molecule has 1 fully saturated rings. The van der Waals surface area contributed by atoms with Gasteiger partial charge >= 0.3 is 0 Å². The van der Waals surface area contributed by atoms with Gasteiger partial charge in [-0.2, -0.15) is 0 Å². The van der Waals surface area contributed by atoms with E-state index in [-0.39, 0.29) is 0 Å². The molecule has 0 saturated heterocycles. The minimum atomic E-state index is 0.318. The number of aromatic hydroxyl groups is 1. The zero-order chi connectivity index (χ0) is 10.1. The Hall–Kier alpha value is -1.22. The fourth-order valence-electron chi connectivity index (χ4n) is 1.81. The first-order valence-electron chi connectivity index (χ1n) is 4.97. The zero-order valence-corrected chi connectivity index (χ0v) is 8.33. The number of anilines is 1. The van der Waals surface area contributed by atoms with E-state index in [1.807, 2.05) is 13.0 Å². The molecule has 1 saturated carbocycles. The monoisotopic (exact) mass is 192 g/mol. The van der Waals surface area contributed by atoms with Crippen LogP contribution in [0.1, 0.15) is 18.4 Å². The molecule has 0 atom stereocenters. The Morgan fingerprint density at radius 1 is 1.43 bits per heavy atom. The standard InChI is InChI=1S/C11H16N2O/c1-7-4-10(14)2-3-11(7)13-9-5-8(12)6-9/h2-4,8-9,13-14H,5-6,12H2,1H3. The summed E-state index contributed by atoms with van der Waals surface area (Å²) in [5.41, 5.74) is 7.88. The highest BCUT2D eigenvalue weighted by Crippen LogP contribution is 2.26. The molecule has 0 aromatic heterocycles. The Balaban J connectivity index is 2.02. The van der Waals surface area contributed by atoms with Gasteiger partial charge < -0.3 is 16.2 Å². The SMILES string of the molecule is Cc1cc(O)ccc1NC1CC(N)C1. The van der Waals surface area contributed by atoms with Gasteiger partial charge in [-0.05, 0) is 43.5 Å². The number of phenolic OH excluding ortho intramolecular Hbond substituents is 1. The van der Waals surface area contributed by atoms with Crippen molar-refractivity contribution < 1.29 is 5.11 Å². The van der Waals surface area contributed by atoms with E-state index in [1.165, 1.54) is 0 Å². The molecule has 1 aliphatic carbocycles. The van der Waals surface area contributed by atoms with Gasteiger partial charge in [0.25, 0.3) is 0 Å². The maximum atomic E-state index is 9.24. The first-order valence-corrected chi connectivity index (χ1v) is 4.97. The van der Waals surface area contributed by atoms with E-state index in [4.69, 9.17) is 5.73 Å². The van der Waals surface area contributed by atoms with E-state index < -0.39 is 0 Å². The van der Waals surface area contributed by atoms with Gasteiger partial charge in [0.05, 0.1) is 0 Å². The van der Waals surface area contributed by atoms with Crippen LogP contribution in [-0.4, -0.2) is 17.2 Å². The fourth-order valence-corrected chi connectivity index (χ4v) is 1.81. The molecule has 0 spiro atoms. The van der Waals surface area contributed by atoms with E-state index in [0.717, 1.165) is 24.1 Å². The summed E-state index contributed by atoms with van der Waals surface area (Å²) in [5.74, 6) is 0.318. The molecule has 14 heavy (non-hydrogen) atoms. The minimum Gasteiger partial charge on any atom is -0.508 e. The van der Waals surface area contributed by atoms with E-state index in [0.29, 0.717) is 17.8 Å². The maximum Gasteiger partial charge on any atom is 0.115 e. The lowest BCUT2D eigenvalue weighted by molar-refractivity contribution is 0.373. The first kappa shape index (κ1) is 9.34. The molecule has 3 nitrogen and oxygen atoms in total. The number of hydrogen-bond acceptors (Lipinski definition) is 3. The van der Waals surface area contributed by atoms with Gasteiger partial charge in [0.2, 0.25) is 0 Å². The second kappa shape index (κ2) is 3.50. The molecule has 76 valence electrons. The highest BCUT2D eigenvalue weighted by molar-refractivity contribution is 5.54. The van der Waals surface area contributed by atoms with Crippen molar-refractivity contribution in [2.45, 2.75) is 31.8 Å². The second-order valence-electron chi connectivity index (χ2n) is 4.07. The Labute approximate surface area is 83.9 Å². The molecule has 4 N–H and O–H groups in total. The van der Waals surface area contributed by atoms with Crippen LogP contribution in [0.2, 0.25) is 0 Å². The van der Waals surface area contributed by atoms with Crippen LogP contribution in [0.4, 0.5) is 5.69 Å². The number of hydrogen-bond donors (Lipinski definition) is 3. The number of benzene rings is 1. The number of phenols is 1. The molecule has 0 unspecified atom stereocenters. The molecule has 0 radical (unpaired) electrons. The molecule has 0 bridgehead atoms. The number of rotatable bonds is 2. The molecule has 2 rings (SSSR count). The predicted molar refractivity (Wildman–Crippen MR) is 57.5 cm³/mol. The normalized spacial score (nSPS) is 25.6. The highest BCUT2D eigenvalue weighted by Gasteiger charge is 2.25. The molecule has 3 heteroatoms. The molecule has 1 aromatic carbocycles. The van der Waals surface area contributed by atoms with Crippen molar-refractivity contribution in [3.05, 3.63) is 23.8 Å². The van der Waals surface area contributed by atoms with Crippen molar-refractivity contribution in [1.82, 2.24) is 0 Å². The molecular weight excluding hydrogens is 176 g/mol. The molecule has 0 amide bonds. The third kappa shape index (κ3) is 1.82. The topological polar surface area (TPSA) is 58.3 Å². The van der Waals surface area contributed by atoms with E-state index in [9.17, 15) is 5.11 Å². The van der Waals surface area contributed by atoms with Crippen LogP contribution in [0.5, 0.6) is 5.75 Å². The average Bonchev–Trinajstić information content (AvgIpc) is 2.06. The third-order valence-electron chi connectivity index (χ3n) is 2.74. The fraction of sp³-hybridized carbons (Fsp3) is 0.455. The molecule has 1 aromatic rings. The quantitative estimate of drug-likeness (QED) is 0.624. The van der Waals surface area contributed by atoms with Crippen molar-refractivity contribution in [3.8, 4) is 5.75 Å².